The molecule has 0 aromatic heterocycles. The summed E-state index contributed by atoms with van der Waals surface area (Å²) in [5.74, 6) is -3.89. The van der Waals surface area contributed by atoms with Gasteiger partial charge < -0.3 is 10.2 Å². The average Bonchev–Trinajstić information content (AvgIpc) is 3.13. The first-order valence-corrected chi connectivity index (χ1v) is 12.1. The highest BCUT2D eigenvalue weighted by Crippen LogP contribution is 2.26. The van der Waals surface area contributed by atoms with Crippen LogP contribution >= 0.6 is 11.8 Å². The van der Waals surface area contributed by atoms with Gasteiger partial charge in [0.2, 0.25) is 16.9 Å². The summed E-state index contributed by atoms with van der Waals surface area (Å²) in [7, 11) is 0. The molecule has 1 fully saturated rings. The van der Waals surface area contributed by atoms with Gasteiger partial charge in [-0.2, -0.15) is 0 Å². The van der Waals surface area contributed by atoms with Crippen LogP contribution in [0.2, 0.25) is 0 Å². The summed E-state index contributed by atoms with van der Waals surface area (Å²) in [6.45, 7) is 3.33. The van der Waals surface area contributed by atoms with E-state index in [1.807, 2.05) is 44.2 Å². The normalized spacial score (nSPS) is 16.7. The van der Waals surface area contributed by atoms with Crippen molar-refractivity contribution in [3.05, 3.63) is 71.0 Å². The van der Waals surface area contributed by atoms with E-state index in [2.05, 4.69) is 5.32 Å². The molecule has 1 unspecified atom stereocenters. The highest BCUT2D eigenvalue weighted by atomic mass is 32.2. The molecule has 1 N–H and O–H groups in total. The number of thioether (sulfide) groups is 1. The van der Waals surface area contributed by atoms with E-state index in [0.717, 1.165) is 23.4 Å². The number of hydrogen-bond acceptors (Lipinski definition) is 4. The SMILES string of the molecule is CC(C)C(NC(=O)C[C@@H]1CCC(=O)N1Cc1cc(F)cc(F)c1F)C(=O)SCc1ccccc1. The van der Waals surface area contributed by atoms with Gasteiger partial charge in [0.15, 0.2) is 11.6 Å². The molecule has 1 aliphatic heterocycles. The van der Waals surface area contributed by atoms with Crippen molar-refractivity contribution in [2.24, 2.45) is 5.92 Å². The van der Waals surface area contributed by atoms with Crippen molar-refractivity contribution in [1.82, 2.24) is 10.2 Å². The van der Waals surface area contributed by atoms with Crippen molar-refractivity contribution < 1.29 is 27.6 Å². The molecular formula is C25H27F3N2O3S. The Bertz CT molecular complexity index is 1050. The smallest absolute Gasteiger partial charge is 0.223 e. The van der Waals surface area contributed by atoms with Crippen LogP contribution in [0.25, 0.3) is 0 Å². The standard InChI is InChI=1S/C25H27F3N2O3S/c1-15(2)24(25(33)34-14-16-6-4-3-5-7-16)29-21(31)12-19-8-9-22(32)30(19)13-17-10-18(26)11-20(27)23(17)28/h3-7,10-11,15,19,24H,8-9,12-14H2,1-2H3,(H,29,31)/t19-,24?/m0/s1. The second-order valence-electron chi connectivity index (χ2n) is 8.66. The summed E-state index contributed by atoms with van der Waals surface area (Å²) in [6.07, 6.45) is 0.413. The lowest BCUT2D eigenvalue weighted by atomic mass is 10.0. The monoisotopic (exact) mass is 492 g/mol. The summed E-state index contributed by atoms with van der Waals surface area (Å²) >= 11 is 1.13. The minimum absolute atomic E-state index is 0.0923. The number of benzene rings is 2. The molecule has 182 valence electrons. The molecule has 0 spiro atoms. The van der Waals surface area contributed by atoms with E-state index in [0.29, 0.717) is 18.2 Å². The number of rotatable bonds is 9. The number of likely N-dealkylation sites (tertiary alicyclic amines) is 1. The summed E-state index contributed by atoms with van der Waals surface area (Å²) in [4.78, 5) is 39.1. The predicted molar refractivity (Wildman–Crippen MR) is 124 cm³/mol. The Morgan fingerprint density at radius 3 is 2.53 bits per heavy atom. The second-order valence-corrected chi connectivity index (χ2v) is 9.64. The van der Waals surface area contributed by atoms with Gasteiger partial charge in [0.25, 0.3) is 0 Å². The zero-order chi connectivity index (χ0) is 24.8. The lowest BCUT2D eigenvalue weighted by Gasteiger charge is -2.26. The van der Waals surface area contributed by atoms with E-state index in [-0.39, 0.29) is 41.9 Å². The van der Waals surface area contributed by atoms with E-state index in [4.69, 9.17) is 0 Å². The molecule has 2 atom stereocenters. The van der Waals surface area contributed by atoms with Gasteiger partial charge in [0, 0.05) is 42.8 Å². The average molecular weight is 493 g/mol. The van der Waals surface area contributed by atoms with Crippen molar-refractivity contribution in [3.8, 4) is 0 Å². The predicted octanol–water partition coefficient (Wildman–Crippen LogP) is 4.59. The molecule has 2 aromatic carbocycles. The van der Waals surface area contributed by atoms with Gasteiger partial charge in [0.05, 0.1) is 0 Å². The number of hydrogen-bond donors (Lipinski definition) is 1. The maximum absolute atomic E-state index is 14.1. The highest BCUT2D eigenvalue weighted by molar-refractivity contribution is 8.13. The Balaban J connectivity index is 1.62. The van der Waals surface area contributed by atoms with Gasteiger partial charge in [-0.1, -0.05) is 55.9 Å². The van der Waals surface area contributed by atoms with Crippen LogP contribution in [0.3, 0.4) is 0 Å². The number of nitrogens with one attached hydrogen (secondary N) is 1. The fourth-order valence-electron chi connectivity index (χ4n) is 3.89. The molecule has 34 heavy (non-hydrogen) atoms. The molecule has 2 amide bonds. The van der Waals surface area contributed by atoms with Crippen LogP contribution in [0, 0.1) is 23.4 Å². The molecule has 1 saturated heterocycles. The minimum Gasteiger partial charge on any atom is -0.345 e. The Hall–Kier alpha value is -2.81. The molecule has 5 nitrogen and oxygen atoms in total. The van der Waals surface area contributed by atoms with Gasteiger partial charge in [-0.05, 0) is 24.0 Å². The van der Waals surface area contributed by atoms with Gasteiger partial charge in [-0.3, -0.25) is 14.4 Å². The quantitative estimate of drug-likeness (QED) is 0.520. The molecule has 1 aliphatic rings. The van der Waals surface area contributed by atoms with Crippen LogP contribution in [0.15, 0.2) is 42.5 Å². The van der Waals surface area contributed by atoms with Crippen molar-refractivity contribution in [1.29, 1.82) is 0 Å². The van der Waals surface area contributed by atoms with Gasteiger partial charge in [-0.25, -0.2) is 13.2 Å². The van der Waals surface area contributed by atoms with Crippen LogP contribution in [0.5, 0.6) is 0 Å². The summed E-state index contributed by atoms with van der Waals surface area (Å²) in [6, 6.07) is 9.53. The lowest BCUT2D eigenvalue weighted by Crippen LogP contribution is -2.45. The summed E-state index contributed by atoms with van der Waals surface area (Å²) in [5.41, 5.74) is 0.710. The Labute approximate surface area is 201 Å². The van der Waals surface area contributed by atoms with E-state index >= 15 is 0 Å². The first kappa shape index (κ1) is 25.8. The number of amides is 2. The lowest BCUT2D eigenvalue weighted by molar-refractivity contribution is -0.131. The van der Waals surface area contributed by atoms with Gasteiger partial charge in [-0.15, -0.1) is 0 Å². The molecule has 0 saturated carbocycles. The third-order valence-corrected chi connectivity index (χ3v) is 6.76. The Kier molecular flexibility index (Phi) is 8.77. The number of carbonyl (C=O) groups is 3. The maximum atomic E-state index is 14.1. The number of carbonyl (C=O) groups excluding carboxylic acids is 3. The maximum Gasteiger partial charge on any atom is 0.223 e. The fourth-order valence-corrected chi connectivity index (χ4v) is 4.91. The van der Waals surface area contributed by atoms with Crippen molar-refractivity contribution >= 4 is 28.7 Å². The second kappa shape index (κ2) is 11.6. The molecule has 2 aromatic rings. The van der Waals surface area contributed by atoms with Crippen LogP contribution in [0.1, 0.15) is 44.2 Å². The molecule has 3 rings (SSSR count). The van der Waals surface area contributed by atoms with Crippen molar-refractivity contribution in [3.63, 3.8) is 0 Å². The molecule has 0 bridgehead atoms. The summed E-state index contributed by atoms with van der Waals surface area (Å²) < 4.78 is 41.2. The molecular weight excluding hydrogens is 465 g/mol. The third kappa shape index (κ3) is 6.62. The zero-order valence-electron chi connectivity index (χ0n) is 19.0. The van der Waals surface area contributed by atoms with Crippen LogP contribution in [-0.2, 0) is 26.7 Å². The summed E-state index contributed by atoms with van der Waals surface area (Å²) in [5, 5.41) is 2.60. The van der Waals surface area contributed by atoms with E-state index in [1.165, 1.54) is 4.90 Å². The Morgan fingerprint density at radius 1 is 1.15 bits per heavy atom. The third-order valence-electron chi connectivity index (χ3n) is 5.74. The topological polar surface area (TPSA) is 66.5 Å². The number of nitrogens with zero attached hydrogens (tertiary/aromatic N) is 1. The van der Waals surface area contributed by atoms with E-state index in [1.54, 1.807) is 0 Å². The molecule has 9 heteroatoms. The van der Waals surface area contributed by atoms with Crippen LogP contribution in [-0.4, -0.2) is 33.9 Å². The van der Waals surface area contributed by atoms with Gasteiger partial charge in [0.1, 0.15) is 11.9 Å². The van der Waals surface area contributed by atoms with E-state index in [9.17, 15) is 27.6 Å². The molecule has 0 aliphatic carbocycles. The minimum atomic E-state index is -1.33. The largest absolute Gasteiger partial charge is 0.345 e. The number of halogens is 3. The first-order chi connectivity index (χ1) is 16.2. The van der Waals surface area contributed by atoms with Crippen molar-refractivity contribution in [2.45, 2.75) is 57.5 Å². The fraction of sp³-hybridized carbons (Fsp3) is 0.400. The Morgan fingerprint density at radius 2 is 1.85 bits per heavy atom. The molecule has 1 heterocycles. The van der Waals surface area contributed by atoms with E-state index < -0.39 is 35.4 Å². The van der Waals surface area contributed by atoms with Crippen LogP contribution in [0.4, 0.5) is 13.2 Å². The zero-order valence-corrected chi connectivity index (χ0v) is 19.8. The van der Waals surface area contributed by atoms with Gasteiger partial charge >= 0.3 is 0 Å². The first-order valence-electron chi connectivity index (χ1n) is 11.1. The van der Waals surface area contributed by atoms with Crippen LogP contribution < -0.4 is 5.32 Å². The highest BCUT2D eigenvalue weighted by Gasteiger charge is 2.34. The molecule has 0 radical (unpaired) electrons. The van der Waals surface area contributed by atoms with Crippen molar-refractivity contribution in [2.75, 3.05) is 0 Å².